The van der Waals surface area contributed by atoms with Crippen LogP contribution in [-0.4, -0.2) is 48.0 Å². The number of rotatable bonds is 10. The normalized spacial score (nSPS) is 23.6. The lowest BCUT2D eigenvalue weighted by Gasteiger charge is -2.27. The summed E-state index contributed by atoms with van der Waals surface area (Å²) < 4.78 is 17.2. The van der Waals surface area contributed by atoms with Gasteiger partial charge in [-0.15, -0.1) is 0 Å². The number of ketones is 1. The molecule has 194 valence electrons. The number of hydrogen-bond acceptors (Lipinski definition) is 7. The molecule has 5 atom stereocenters. The molecule has 8 heteroatoms. The lowest BCUT2D eigenvalue weighted by atomic mass is 9.89. The maximum atomic E-state index is 13.2. The minimum Gasteiger partial charge on any atom is -0.462 e. The van der Waals surface area contributed by atoms with Crippen molar-refractivity contribution in [2.45, 2.75) is 63.3 Å². The van der Waals surface area contributed by atoms with E-state index in [1.807, 2.05) is 74.5 Å². The second-order valence-electron chi connectivity index (χ2n) is 9.28. The van der Waals surface area contributed by atoms with Crippen molar-refractivity contribution < 1.29 is 33.4 Å². The second kappa shape index (κ2) is 11.1. The van der Waals surface area contributed by atoms with Crippen molar-refractivity contribution >= 4 is 23.6 Å². The molecule has 1 amide bonds. The summed E-state index contributed by atoms with van der Waals surface area (Å²) in [4.78, 5) is 50.9. The molecule has 37 heavy (non-hydrogen) atoms. The molecule has 1 saturated heterocycles. The summed E-state index contributed by atoms with van der Waals surface area (Å²) in [5.41, 5.74) is 0.317. The average Bonchev–Trinajstić information content (AvgIpc) is 3.64. The summed E-state index contributed by atoms with van der Waals surface area (Å²) in [7, 11) is 0. The molecule has 0 radical (unpaired) electrons. The van der Waals surface area contributed by atoms with Crippen LogP contribution in [0.2, 0.25) is 0 Å². The molecule has 0 aromatic heterocycles. The van der Waals surface area contributed by atoms with Crippen LogP contribution in [0.5, 0.6) is 0 Å². The summed E-state index contributed by atoms with van der Waals surface area (Å²) in [6.07, 6.45) is 0.322. The van der Waals surface area contributed by atoms with Crippen LogP contribution >= 0.6 is 0 Å². The monoisotopic (exact) mass is 505 g/mol. The van der Waals surface area contributed by atoms with E-state index in [0.29, 0.717) is 12.8 Å². The van der Waals surface area contributed by atoms with Gasteiger partial charge in [0, 0.05) is 13.0 Å². The van der Waals surface area contributed by atoms with Gasteiger partial charge in [-0.3, -0.25) is 19.2 Å². The van der Waals surface area contributed by atoms with Crippen molar-refractivity contribution in [1.29, 1.82) is 0 Å². The van der Waals surface area contributed by atoms with Gasteiger partial charge >= 0.3 is 11.9 Å². The number of amides is 1. The third-order valence-corrected chi connectivity index (χ3v) is 6.81. The molecule has 2 aliphatic rings. The molecule has 8 nitrogen and oxygen atoms in total. The topological polar surface area (TPSA) is 111 Å². The molecular weight excluding hydrogens is 474 g/mol. The van der Waals surface area contributed by atoms with Crippen LogP contribution in [0, 0.1) is 0 Å². The minimum absolute atomic E-state index is 0.147. The third kappa shape index (κ3) is 5.49. The van der Waals surface area contributed by atoms with E-state index in [4.69, 9.17) is 14.2 Å². The number of epoxide rings is 1. The van der Waals surface area contributed by atoms with Gasteiger partial charge in [0.15, 0.2) is 17.5 Å². The molecule has 1 fully saturated rings. The molecule has 2 aromatic carbocycles. The fourth-order valence-corrected chi connectivity index (χ4v) is 4.76. The van der Waals surface area contributed by atoms with Crippen molar-refractivity contribution in [3.05, 3.63) is 83.6 Å². The number of hydrogen-bond donors (Lipinski definition) is 1. The quantitative estimate of drug-likeness (QED) is 0.388. The summed E-state index contributed by atoms with van der Waals surface area (Å²) >= 11 is 0. The maximum Gasteiger partial charge on any atom is 0.314 e. The van der Waals surface area contributed by atoms with Gasteiger partial charge in [-0.05, 0) is 24.0 Å². The summed E-state index contributed by atoms with van der Waals surface area (Å²) in [5.74, 6) is -2.85. The van der Waals surface area contributed by atoms with Gasteiger partial charge < -0.3 is 19.5 Å². The molecule has 1 heterocycles. The highest BCUT2D eigenvalue weighted by atomic mass is 16.7. The van der Waals surface area contributed by atoms with E-state index in [-0.39, 0.29) is 12.3 Å². The molecular formula is C29H31NO7. The SMILES string of the molecule is CC[C@H](C(=O)OC[C@@]12O[C@@H]1[C@@H](OC(=O)[C@@H](CC)c1ccccc1)C(NC(C)=O)=CC2=O)c1ccccc1. The lowest BCUT2D eigenvalue weighted by Crippen LogP contribution is -2.46. The van der Waals surface area contributed by atoms with Gasteiger partial charge in [0.1, 0.15) is 12.7 Å². The first-order valence-electron chi connectivity index (χ1n) is 12.5. The van der Waals surface area contributed by atoms with Crippen molar-refractivity contribution in [2.75, 3.05) is 6.61 Å². The van der Waals surface area contributed by atoms with Gasteiger partial charge in [0.25, 0.3) is 0 Å². The predicted octanol–water partition coefficient (Wildman–Crippen LogP) is 3.57. The lowest BCUT2D eigenvalue weighted by molar-refractivity contribution is -0.152. The van der Waals surface area contributed by atoms with Gasteiger partial charge in [0.05, 0.1) is 17.5 Å². The zero-order valence-electron chi connectivity index (χ0n) is 21.1. The predicted molar refractivity (Wildman–Crippen MR) is 134 cm³/mol. The highest BCUT2D eigenvalue weighted by molar-refractivity contribution is 6.03. The Morgan fingerprint density at radius 3 is 1.97 bits per heavy atom. The summed E-state index contributed by atoms with van der Waals surface area (Å²) in [5, 5.41) is 2.59. The van der Waals surface area contributed by atoms with Crippen LogP contribution in [0.1, 0.15) is 56.6 Å². The molecule has 1 N–H and O–H groups in total. The van der Waals surface area contributed by atoms with Gasteiger partial charge in [-0.1, -0.05) is 74.5 Å². The van der Waals surface area contributed by atoms with Crippen molar-refractivity contribution in [3.63, 3.8) is 0 Å². The number of fused-ring (bicyclic) bond motifs is 1. The van der Waals surface area contributed by atoms with Gasteiger partial charge in [-0.25, -0.2) is 0 Å². The van der Waals surface area contributed by atoms with E-state index >= 15 is 0 Å². The number of carbonyl (C=O) groups excluding carboxylic acids is 4. The molecule has 0 bridgehead atoms. The van der Waals surface area contributed by atoms with Crippen LogP contribution in [-0.2, 0) is 33.4 Å². The Balaban J connectivity index is 1.51. The maximum absolute atomic E-state index is 13.2. The number of carbonyl (C=O) groups is 4. The second-order valence-corrected chi connectivity index (χ2v) is 9.28. The zero-order chi connectivity index (χ0) is 26.6. The minimum atomic E-state index is -1.45. The van der Waals surface area contributed by atoms with E-state index in [2.05, 4.69) is 5.32 Å². The van der Waals surface area contributed by atoms with Crippen molar-refractivity contribution in [3.8, 4) is 0 Å². The van der Waals surface area contributed by atoms with E-state index in [1.54, 1.807) is 0 Å². The Bertz CT molecular complexity index is 1190. The van der Waals surface area contributed by atoms with Gasteiger partial charge in [0.2, 0.25) is 5.91 Å². The third-order valence-electron chi connectivity index (χ3n) is 6.81. The first-order valence-corrected chi connectivity index (χ1v) is 12.5. The highest BCUT2D eigenvalue weighted by Gasteiger charge is 2.70. The number of ether oxygens (including phenoxy) is 3. The summed E-state index contributed by atoms with van der Waals surface area (Å²) in [6.45, 7) is 4.75. The number of benzene rings is 2. The highest BCUT2D eigenvalue weighted by Crippen LogP contribution is 2.47. The molecule has 0 unspecified atom stereocenters. The fourth-order valence-electron chi connectivity index (χ4n) is 4.76. The molecule has 4 rings (SSSR count). The first kappa shape index (κ1) is 26.3. The molecule has 0 saturated carbocycles. The Kier molecular flexibility index (Phi) is 7.88. The van der Waals surface area contributed by atoms with Crippen LogP contribution < -0.4 is 5.32 Å². The van der Waals surface area contributed by atoms with Crippen LogP contribution in [0.25, 0.3) is 0 Å². The van der Waals surface area contributed by atoms with Gasteiger partial charge in [-0.2, -0.15) is 0 Å². The van der Waals surface area contributed by atoms with Crippen molar-refractivity contribution in [2.24, 2.45) is 0 Å². The Morgan fingerprint density at radius 2 is 1.46 bits per heavy atom. The van der Waals surface area contributed by atoms with Crippen LogP contribution in [0.15, 0.2) is 72.4 Å². The van der Waals surface area contributed by atoms with Crippen molar-refractivity contribution in [1.82, 2.24) is 5.32 Å². The summed E-state index contributed by atoms with van der Waals surface area (Å²) in [6, 6.07) is 18.5. The van der Waals surface area contributed by atoms with Crippen LogP contribution in [0.4, 0.5) is 0 Å². The fraction of sp³-hybridized carbons (Fsp3) is 0.379. The first-order chi connectivity index (χ1) is 17.8. The number of nitrogens with one attached hydrogen (secondary N) is 1. The Morgan fingerprint density at radius 1 is 0.919 bits per heavy atom. The van der Waals surface area contributed by atoms with E-state index in [0.717, 1.165) is 11.1 Å². The van der Waals surface area contributed by atoms with E-state index in [1.165, 1.54) is 13.0 Å². The Labute approximate surface area is 216 Å². The van der Waals surface area contributed by atoms with E-state index in [9.17, 15) is 19.2 Å². The molecule has 1 aliphatic carbocycles. The standard InChI is InChI=1S/C29H31NO7/c1-4-21(19-12-8-6-9-13-19)27(33)35-17-29-24(32)16-23(30-18(3)31)25(26(29)37-29)36-28(34)22(5-2)20-14-10-7-11-15-20/h6-16,21-22,25-26H,4-5,17H2,1-3H3,(H,30,31)/t21-,22-,25-,26+,29-/m0/s1. The smallest absolute Gasteiger partial charge is 0.314 e. The molecule has 2 aromatic rings. The Hall–Kier alpha value is -3.78. The molecule has 0 spiro atoms. The molecule has 1 aliphatic heterocycles. The van der Waals surface area contributed by atoms with Crippen LogP contribution in [0.3, 0.4) is 0 Å². The zero-order valence-corrected chi connectivity index (χ0v) is 21.1. The number of esters is 2. The van der Waals surface area contributed by atoms with E-state index < -0.39 is 53.3 Å². The average molecular weight is 506 g/mol. The largest absolute Gasteiger partial charge is 0.462 e.